The van der Waals surface area contributed by atoms with Gasteiger partial charge in [-0.25, -0.2) is 0 Å². The summed E-state index contributed by atoms with van der Waals surface area (Å²) >= 11 is 5.72. The maximum atomic E-state index is 13.2. The molecule has 2 aliphatic rings. The Hall–Kier alpha value is -2.72. The van der Waals surface area contributed by atoms with E-state index in [4.69, 9.17) is 12.2 Å². The number of anilines is 1. The van der Waals surface area contributed by atoms with Gasteiger partial charge in [0.1, 0.15) is 6.04 Å². The van der Waals surface area contributed by atoms with Crippen molar-refractivity contribution in [3.63, 3.8) is 0 Å². The number of carbonyl (C=O) groups excluding carboxylic acids is 1. The van der Waals surface area contributed by atoms with Gasteiger partial charge in [-0.1, -0.05) is 60.7 Å². The van der Waals surface area contributed by atoms with Crippen molar-refractivity contribution in [2.24, 2.45) is 0 Å². The van der Waals surface area contributed by atoms with Crippen LogP contribution in [0.5, 0.6) is 0 Å². The first-order valence-corrected chi connectivity index (χ1v) is 8.84. The van der Waals surface area contributed by atoms with Gasteiger partial charge in [0.05, 0.1) is 5.69 Å². The van der Waals surface area contributed by atoms with Crippen LogP contribution in [0.2, 0.25) is 0 Å². The highest BCUT2D eigenvalue weighted by Gasteiger charge is 2.45. The van der Waals surface area contributed by atoms with Gasteiger partial charge in [0.25, 0.3) is 5.91 Å². The van der Waals surface area contributed by atoms with Gasteiger partial charge >= 0.3 is 0 Å². The maximum Gasteiger partial charge on any atom is 0.256 e. The van der Waals surface area contributed by atoms with Crippen LogP contribution in [0.4, 0.5) is 5.69 Å². The third kappa shape index (κ3) is 2.11. The number of rotatable bonds is 1. The zero-order chi connectivity index (χ0) is 17.0. The summed E-state index contributed by atoms with van der Waals surface area (Å²) < 4.78 is 0. The minimum atomic E-state index is -0.193. The smallest absolute Gasteiger partial charge is 0.256 e. The monoisotopic (exact) mass is 344 g/mol. The second-order valence-electron chi connectivity index (χ2n) is 6.57. The minimum Gasteiger partial charge on any atom is -0.332 e. The Bertz CT molecular complexity index is 981. The predicted octanol–water partition coefficient (Wildman–Crippen LogP) is 3.90. The van der Waals surface area contributed by atoms with E-state index in [1.165, 1.54) is 11.1 Å². The summed E-state index contributed by atoms with van der Waals surface area (Å²) in [5.41, 5.74) is 3.39. The largest absolute Gasteiger partial charge is 0.332 e. The molecule has 3 nitrogen and oxygen atoms in total. The summed E-state index contributed by atoms with van der Waals surface area (Å²) in [4.78, 5) is 17.0. The van der Waals surface area contributed by atoms with Crippen molar-refractivity contribution in [1.29, 1.82) is 0 Å². The maximum absolute atomic E-state index is 13.2. The second-order valence-corrected chi connectivity index (χ2v) is 6.94. The van der Waals surface area contributed by atoms with Gasteiger partial charge in [0.2, 0.25) is 0 Å². The number of thiocarbonyl (C=S) groups is 1. The van der Waals surface area contributed by atoms with E-state index in [-0.39, 0.29) is 11.9 Å². The van der Waals surface area contributed by atoms with Crippen LogP contribution in [0, 0.1) is 0 Å². The molecule has 0 unspecified atom stereocenters. The van der Waals surface area contributed by atoms with Crippen LogP contribution < -0.4 is 4.90 Å². The van der Waals surface area contributed by atoms with Gasteiger partial charge in [-0.15, -0.1) is 0 Å². The molecule has 4 heteroatoms. The lowest BCUT2D eigenvalue weighted by molar-refractivity contribution is -0.119. The molecule has 1 fully saturated rings. The molecule has 0 N–H and O–H groups in total. The Balaban J connectivity index is 1.61. The minimum absolute atomic E-state index is 0.0795. The molecule has 0 bridgehead atoms. The number of benzene rings is 3. The molecule has 122 valence electrons. The van der Waals surface area contributed by atoms with Crippen molar-refractivity contribution in [3.8, 4) is 0 Å². The molecule has 5 rings (SSSR count). The first-order valence-electron chi connectivity index (χ1n) is 8.43. The van der Waals surface area contributed by atoms with Crippen molar-refractivity contribution in [2.75, 3.05) is 4.90 Å². The molecule has 0 spiro atoms. The first kappa shape index (κ1) is 14.6. The molecule has 1 saturated heterocycles. The highest BCUT2D eigenvalue weighted by atomic mass is 32.1. The molecule has 3 aromatic rings. The average molecular weight is 344 g/mol. The van der Waals surface area contributed by atoms with E-state index in [1.54, 1.807) is 4.90 Å². The molecule has 0 aliphatic carbocycles. The lowest BCUT2D eigenvalue weighted by atomic mass is 9.95. The normalized spacial score (nSPS) is 19.3. The van der Waals surface area contributed by atoms with Gasteiger partial charge in [0, 0.05) is 18.4 Å². The third-order valence-electron chi connectivity index (χ3n) is 5.20. The highest BCUT2D eigenvalue weighted by molar-refractivity contribution is 7.80. The lowest BCUT2D eigenvalue weighted by Crippen LogP contribution is -2.39. The first-order chi connectivity index (χ1) is 12.2. The van der Waals surface area contributed by atoms with Crippen LogP contribution >= 0.6 is 12.2 Å². The lowest BCUT2D eigenvalue weighted by Gasteiger charge is -2.30. The SMILES string of the molecule is O=C1[C@H]2Cc3ccccc3CN2C(=S)N1c1cccc2ccccc12. The molecule has 1 atom stereocenters. The molecular weight excluding hydrogens is 328 g/mol. The molecule has 2 heterocycles. The second kappa shape index (κ2) is 5.39. The summed E-state index contributed by atoms with van der Waals surface area (Å²) in [6, 6.07) is 22.3. The van der Waals surface area contributed by atoms with Crippen LogP contribution in [-0.2, 0) is 17.8 Å². The molecule has 1 amide bonds. The molecule has 0 saturated carbocycles. The van der Waals surface area contributed by atoms with Crippen molar-refractivity contribution in [1.82, 2.24) is 4.90 Å². The van der Waals surface area contributed by atoms with Crippen LogP contribution in [0.3, 0.4) is 0 Å². The highest BCUT2D eigenvalue weighted by Crippen LogP contribution is 2.36. The van der Waals surface area contributed by atoms with Crippen molar-refractivity contribution in [2.45, 2.75) is 19.0 Å². The van der Waals surface area contributed by atoms with Crippen molar-refractivity contribution < 1.29 is 4.79 Å². The van der Waals surface area contributed by atoms with Gasteiger partial charge in [-0.2, -0.15) is 0 Å². The van der Waals surface area contributed by atoms with Crippen LogP contribution in [0.1, 0.15) is 11.1 Å². The van der Waals surface area contributed by atoms with E-state index in [9.17, 15) is 4.79 Å². The van der Waals surface area contributed by atoms with Crippen molar-refractivity contribution in [3.05, 3.63) is 77.9 Å². The molecule has 25 heavy (non-hydrogen) atoms. The summed E-state index contributed by atoms with van der Waals surface area (Å²) in [6.07, 6.45) is 0.719. The fourth-order valence-corrected chi connectivity index (χ4v) is 4.32. The standard InChI is InChI=1S/C21H16N2OS/c24-20-19-12-15-7-1-2-8-16(15)13-22(19)21(25)23(20)18-11-5-9-14-6-3-4-10-17(14)18/h1-11,19H,12-13H2/t19-/m1/s1. The third-order valence-corrected chi connectivity index (χ3v) is 5.62. The Labute approximate surface area is 151 Å². The fraction of sp³-hybridized carbons (Fsp3) is 0.143. The van der Waals surface area contributed by atoms with E-state index in [0.29, 0.717) is 11.7 Å². The molecular formula is C21H16N2OS. The summed E-state index contributed by atoms with van der Waals surface area (Å²) in [5.74, 6) is 0.0795. The number of hydrogen-bond acceptors (Lipinski definition) is 2. The Morgan fingerprint density at radius 2 is 1.60 bits per heavy atom. The molecule has 3 aromatic carbocycles. The predicted molar refractivity (Wildman–Crippen MR) is 104 cm³/mol. The van der Waals surface area contributed by atoms with E-state index in [1.807, 2.05) is 42.5 Å². The topological polar surface area (TPSA) is 23.6 Å². The zero-order valence-electron chi connectivity index (χ0n) is 13.6. The van der Waals surface area contributed by atoms with E-state index in [0.717, 1.165) is 22.9 Å². The van der Waals surface area contributed by atoms with Crippen LogP contribution in [-0.4, -0.2) is 22.0 Å². The summed E-state index contributed by atoms with van der Waals surface area (Å²) in [5, 5.41) is 2.78. The van der Waals surface area contributed by atoms with E-state index in [2.05, 4.69) is 29.2 Å². The Morgan fingerprint density at radius 1 is 0.880 bits per heavy atom. The van der Waals surface area contributed by atoms with Crippen LogP contribution in [0.25, 0.3) is 10.8 Å². The van der Waals surface area contributed by atoms with E-state index >= 15 is 0 Å². The average Bonchev–Trinajstić information content (AvgIpc) is 2.90. The van der Waals surface area contributed by atoms with Gasteiger partial charge < -0.3 is 4.90 Å². The number of nitrogens with zero attached hydrogens (tertiary/aromatic N) is 2. The number of carbonyl (C=O) groups is 1. The quantitative estimate of drug-likeness (QED) is 0.626. The Morgan fingerprint density at radius 3 is 2.48 bits per heavy atom. The van der Waals surface area contributed by atoms with Crippen LogP contribution in [0.15, 0.2) is 66.7 Å². The summed E-state index contributed by atoms with van der Waals surface area (Å²) in [7, 11) is 0. The molecule has 2 aliphatic heterocycles. The van der Waals surface area contributed by atoms with E-state index < -0.39 is 0 Å². The van der Waals surface area contributed by atoms with Gasteiger partial charge in [-0.05, 0) is 34.8 Å². The number of hydrogen-bond donors (Lipinski definition) is 0. The number of fused-ring (bicyclic) bond motifs is 3. The zero-order valence-corrected chi connectivity index (χ0v) is 14.4. The van der Waals surface area contributed by atoms with Gasteiger partial charge in [0.15, 0.2) is 5.11 Å². The van der Waals surface area contributed by atoms with Crippen molar-refractivity contribution >= 4 is 39.7 Å². The van der Waals surface area contributed by atoms with Gasteiger partial charge in [-0.3, -0.25) is 9.69 Å². The summed E-state index contributed by atoms with van der Waals surface area (Å²) in [6.45, 7) is 0.701. The fourth-order valence-electron chi connectivity index (χ4n) is 3.94. The molecule has 0 aromatic heterocycles. The number of amides is 1. The molecule has 0 radical (unpaired) electrons. The Kier molecular flexibility index (Phi) is 3.15.